The largest absolute Gasteiger partial charge is 0.373 e. The van der Waals surface area contributed by atoms with Crippen LogP contribution in [-0.2, 0) is 17.6 Å². The molecule has 0 saturated heterocycles. The van der Waals surface area contributed by atoms with Crippen molar-refractivity contribution in [2.24, 2.45) is 11.8 Å². The summed E-state index contributed by atoms with van der Waals surface area (Å²) in [6.07, 6.45) is 10.1. The Hall–Kier alpha value is -2.74. The minimum Gasteiger partial charge on any atom is -0.373 e. The molecule has 3 aromatic rings. The van der Waals surface area contributed by atoms with Gasteiger partial charge in [-0.1, -0.05) is 17.8 Å². The van der Waals surface area contributed by atoms with E-state index in [-0.39, 0.29) is 5.91 Å². The average Bonchev–Trinajstić information content (AvgIpc) is 3.55. The van der Waals surface area contributed by atoms with Crippen LogP contribution in [-0.4, -0.2) is 32.7 Å². The maximum atomic E-state index is 11.7. The van der Waals surface area contributed by atoms with E-state index in [1.54, 1.807) is 11.3 Å². The third-order valence-electron chi connectivity index (χ3n) is 7.35. The van der Waals surface area contributed by atoms with E-state index in [1.807, 2.05) is 19.3 Å². The van der Waals surface area contributed by atoms with Gasteiger partial charge in [0.25, 0.3) is 0 Å². The number of aromatic nitrogens is 4. The van der Waals surface area contributed by atoms with Crippen LogP contribution in [0.25, 0.3) is 21.8 Å². The van der Waals surface area contributed by atoms with Gasteiger partial charge in [-0.25, -0.2) is 9.97 Å². The molecule has 3 aromatic heterocycles. The van der Waals surface area contributed by atoms with E-state index in [9.17, 15) is 4.79 Å². The highest BCUT2D eigenvalue weighted by Gasteiger charge is 2.43. The van der Waals surface area contributed by atoms with Gasteiger partial charge in [-0.15, -0.1) is 0 Å². The van der Waals surface area contributed by atoms with Gasteiger partial charge in [0.15, 0.2) is 5.13 Å². The Morgan fingerprint density at radius 3 is 2.81 bits per heavy atom. The van der Waals surface area contributed by atoms with Gasteiger partial charge in [0.1, 0.15) is 5.82 Å². The molecule has 166 valence electrons. The average molecular weight is 449 g/mol. The van der Waals surface area contributed by atoms with Crippen molar-refractivity contribution in [3.05, 3.63) is 29.6 Å². The van der Waals surface area contributed by atoms with Crippen molar-refractivity contribution < 1.29 is 4.79 Å². The number of nitrogens with one attached hydrogen (secondary N) is 2. The number of aryl methyl sites for hydroxylation is 1. The number of thiazole rings is 1. The molecule has 3 unspecified atom stereocenters. The van der Waals surface area contributed by atoms with E-state index >= 15 is 0 Å². The van der Waals surface area contributed by atoms with Gasteiger partial charge in [0, 0.05) is 31.3 Å². The second-order valence-corrected chi connectivity index (χ2v) is 10.4. The van der Waals surface area contributed by atoms with Crippen LogP contribution in [0, 0.1) is 11.8 Å². The van der Waals surface area contributed by atoms with Crippen molar-refractivity contribution in [1.29, 1.82) is 0 Å². The molecule has 0 aliphatic heterocycles. The van der Waals surface area contributed by atoms with Crippen LogP contribution in [0.15, 0.2) is 18.3 Å². The normalized spacial score (nSPS) is 23.5. The number of pyridine rings is 1. The van der Waals surface area contributed by atoms with Gasteiger partial charge in [0.2, 0.25) is 5.91 Å². The Morgan fingerprint density at radius 1 is 1.22 bits per heavy atom. The molecule has 3 atom stereocenters. The van der Waals surface area contributed by atoms with Gasteiger partial charge in [-0.2, -0.15) is 5.10 Å². The monoisotopic (exact) mass is 448 g/mol. The second kappa shape index (κ2) is 7.69. The summed E-state index contributed by atoms with van der Waals surface area (Å²) >= 11 is 1.60. The number of hydrogen-bond donors (Lipinski definition) is 2. The molecule has 8 heteroatoms. The van der Waals surface area contributed by atoms with Crippen molar-refractivity contribution >= 4 is 28.2 Å². The van der Waals surface area contributed by atoms with Gasteiger partial charge in [-0.05, 0) is 62.5 Å². The van der Waals surface area contributed by atoms with Crippen LogP contribution in [0.1, 0.15) is 56.3 Å². The second-order valence-electron chi connectivity index (χ2n) is 9.37. The van der Waals surface area contributed by atoms with Crippen molar-refractivity contribution in [3.63, 3.8) is 0 Å². The third-order valence-corrected chi connectivity index (χ3v) is 8.37. The molecule has 1 amide bonds. The number of carbonyl (C=O) groups excluding carboxylic acids is 1. The Kier molecular flexibility index (Phi) is 4.78. The zero-order chi connectivity index (χ0) is 21.8. The first kappa shape index (κ1) is 19.9. The zero-order valence-electron chi connectivity index (χ0n) is 18.5. The minimum atomic E-state index is -0.0767. The van der Waals surface area contributed by atoms with Gasteiger partial charge in [-0.3, -0.25) is 9.48 Å². The summed E-state index contributed by atoms with van der Waals surface area (Å²) in [7, 11) is 1.88. The first-order chi connectivity index (χ1) is 15.6. The van der Waals surface area contributed by atoms with Crippen LogP contribution in [0.3, 0.4) is 0 Å². The molecule has 3 aliphatic rings. The van der Waals surface area contributed by atoms with Crippen LogP contribution < -0.4 is 10.6 Å². The van der Waals surface area contributed by atoms with E-state index in [1.165, 1.54) is 48.7 Å². The number of rotatable bonds is 4. The lowest BCUT2D eigenvalue weighted by Crippen LogP contribution is -2.18. The van der Waals surface area contributed by atoms with Gasteiger partial charge < -0.3 is 10.6 Å². The predicted octanol–water partition coefficient (Wildman–Crippen LogP) is 4.92. The van der Waals surface area contributed by atoms with Crippen molar-refractivity contribution in [1.82, 2.24) is 19.7 Å². The van der Waals surface area contributed by atoms with Crippen LogP contribution >= 0.6 is 11.3 Å². The Labute approximate surface area is 191 Å². The molecule has 3 heterocycles. The molecule has 3 aliphatic carbocycles. The lowest BCUT2D eigenvalue weighted by Gasteiger charge is -2.24. The lowest BCUT2D eigenvalue weighted by molar-refractivity contribution is -0.114. The first-order valence-corrected chi connectivity index (χ1v) is 12.5. The summed E-state index contributed by atoms with van der Waals surface area (Å²) in [6, 6.07) is 4.59. The number of carbonyl (C=O) groups is 1. The molecule has 2 N–H and O–H groups in total. The summed E-state index contributed by atoms with van der Waals surface area (Å²) in [6.45, 7) is 1.54. The number of anilines is 2. The summed E-state index contributed by atoms with van der Waals surface area (Å²) in [5, 5.41) is 12.0. The van der Waals surface area contributed by atoms with E-state index in [4.69, 9.17) is 10.1 Å². The quantitative estimate of drug-likeness (QED) is 0.592. The fourth-order valence-corrected chi connectivity index (χ4v) is 7.08. The molecule has 0 radical (unpaired) electrons. The van der Waals surface area contributed by atoms with Crippen molar-refractivity contribution in [2.75, 3.05) is 17.7 Å². The highest BCUT2D eigenvalue weighted by atomic mass is 32.1. The summed E-state index contributed by atoms with van der Waals surface area (Å²) < 4.78 is 2.35. The standard InChI is InChI=1S/C24H28N6OS/c1-13(31)27-24-28-18-5-3-4-17-21(16-8-9-20(25-2)26-12-16)29-30(22(17)23(18)32-24)19-11-14-6-7-15(19)10-14/h8-9,12,14-15,19H,3-7,10-11H2,1-2H3,(H,25,26)(H,27,28,31). The van der Waals surface area contributed by atoms with E-state index in [2.05, 4.69) is 26.4 Å². The smallest absolute Gasteiger partial charge is 0.223 e. The maximum Gasteiger partial charge on any atom is 0.223 e. The van der Waals surface area contributed by atoms with E-state index < -0.39 is 0 Å². The highest BCUT2D eigenvalue weighted by molar-refractivity contribution is 7.19. The van der Waals surface area contributed by atoms with Crippen molar-refractivity contribution in [3.8, 4) is 21.8 Å². The number of fused-ring (bicyclic) bond motifs is 5. The van der Waals surface area contributed by atoms with Crippen molar-refractivity contribution in [2.45, 2.75) is 57.9 Å². The Bertz CT molecular complexity index is 1180. The minimum absolute atomic E-state index is 0.0767. The summed E-state index contributed by atoms with van der Waals surface area (Å²) in [5.74, 6) is 2.34. The summed E-state index contributed by atoms with van der Waals surface area (Å²) in [5.41, 5.74) is 5.76. The number of amides is 1. The summed E-state index contributed by atoms with van der Waals surface area (Å²) in [4.78, 5) is 22.2. The SMILES string of the molecule is CNc1ccc(-c2nn(C3CC4CCC3C4)c3c2CCCc2nc(NC(C)=O)sc2-3)cn1. The molecule has 0 aromatic carbocycles. The Balaban J connectivity index is 1.52. The van der Waals surface area contributed by atoms with Crippen LogP contribution in [0.4, 0.5) is 10.9 Å². The fourth-order valence-electron chi connectivity index (χ4n) is 5.95. The molecule has 7 nitrogen and oxygen atoms in total. The molecule has 6 rings (SSSR count). The maximum absolute atomic E-state index is 11.7. The molecular weight excluding hydrogens is 420 g/mol. The zero-order valence-corrected chi connectivity index (χ0v) is 19.3. The number of nitrogens with zero attached hydrogens (tertiary/aromatic N) is 4. The topological polar surface area (TPSA) is 84.7 Å². The van der Waals surface area contributed by atoms with E-state index in [0.29, 0.717) is 11.2 Å². The molecule has 32 heavy (non-hydrogen) atoms. The van der Waals surface area contributed by atoms with Gasteiger partial charge >= 0.3 is 0 Å². The van der Waals surface area contributed by atoms with E-state index in [0.717, 1.165) is 53.9 Å². The van der Waals surface area contributed by atoms with Crippen LogP contribution in [0.5, 0.6) is 0 Å². The predicted molar refractivity (Wildman–Crippen MR) is 127 cm³/mol. The fraction of sp³-hybridized carbons (Fsp3) is 0.500. The molecule has 2 bridgehead atoms. The lowest BCUT2D eigenvalue weighted by atomic mass is 9.95. The number of hydrogen-bond acceptors (Lipinski definition) is 6. The highest BCUT2D eigenvalue weighted by Crippen LogP contribution is 2.53. The third kappa shape index (κ3) is 3.23. The van der Waals surface area contributed by atoms with Crippen LogP contribution in [0.2, 0.25) is 0 Å². The molecule has 0 spiro atoms. The molecule has 2 fully saturated rings. The molecular formula is C24H28N6OS. The Morgan fingerprint density at radius 2 is 2.12 bits per heavy atom. The molecule has 2 saturated carbocycles. The first-order valence-electron chi connectivity index (χ1n) is 11.6. The van der Waals surface area contributed by atoms with Gasteiger partial charge in [0.05, 0.1) is 28.0 Å².